The van der Waals surface area contributed by atoms with Gasteiger partial charge in [-0.3, -0.25) is 9.59 Å². The monoisotopic (exact) mass is 236 g/mol. The number of carbonyl (C=O) groups excluding carboxylic acids is 2. The number of hydrogen-bond donors (Lipinski definition) is 0. The highest BCUT2D eigenvalue weighted by molar-refractivity contribution is 6.00. The predicted octanol–water partition coefficient (Wildman–Crippen LogP) is 1.15. The molecule has 0 bridgehead atoms. The SMILES string of the molecule is CC#CCC(CC#CC)(C(=O)OC)C(=O)OC. The molecule has 4 heteroatoms. The standard InChI is InChI=1S/C13H16O4/c1-5-7-9-13(10-8-6-2,11(14)16-3)12(15)17-4/h9-10H2,1-4H3. The van der Waals surface area contributed by atoms with Gasteiger partial charge in [0.15, 0.2) is 5.41 Å². The van der Waals surface area contributed by atoms with Crippen LogP contribution in [0.1, 0.15) is 26.7 Å². The van der Waals surface area contributed by atoms with Gasteiger partial charge in [-0.25, -0.2) is 0 Å². The van der Waals surface area contributed by atoms with Gasteiger partial charge in [-0.05, 0) is 13.8 Å². The molecular weight excluding hydrogens is 220 g/mol. The van der Waals surface area contributed by atoms with E-state index in [0.29, 0.717) is 0 Å². The smallest absolute Gasteiger partial charge is 0.325 e. The summed E-state index contributed by atoms with van der Waals surface area (Å²) < 4.78 is 9.31. The fraction of sp³-hybridized carbons (Fsp3) is 0.538. The molecule has 0 aromatic carbocycles. The molecule has 17 heavy (non-hydrogen) atoms. The first-order valence-corrected chi connectivity index (χ1v) is 5.05. The third-order valence-electron chi connectivity index (χ3n) is 2.29. The van der Waals surface area contributed by atoms with Crippen molar-refractivity contribution in [2.75, 3.05) is 14.2 Å². The lowest BCUT2D eigenvalue weighted by molar-refractivity contribution is -0.168. The van der Waals surface area contributed by atoms with Gasteiger partial charge in [0.25, 0.3) is 0 Å². The van der Waals surface area contributed by atoms with Crippen LogP contribution >= 0.6 is 0 Å². The molecular formula is C13H16O4. The molecule has 0 aliphatic rings. The molecule has 0 aliphatic carbocycles. The average molecular weight is 236 g/mol. The Morgan fingerprint density at radius 3 is 1.53 bits per heavy atom. The van der Waals surface area contributed by atoms with Crippen LogP contribution in [0.5, 0.6) is 0 Å². The Bertz CT molecular complexity index is 361. The molecule has 4 nitrogen and oxygen atoms in total. The second kappa shape index (κ2) is 7.35. The first kappa shape index (κ1) is 15.1. The summed E-state index contributed by atoms with van der Waals surface area (Å²) in [6, 6.07) is 0. The topological polar surface area (TPSA) is 52.6 Å². The van der Waals surface area contributed by atoms with E-state index in [1.165, 1.54) is 14.2 Å². The number of carbonyl (C=O) groups is 2. The third-order valence-corrected chi connectivity index (χ3v) is 2.29. The molecule has 0 spiro atoms. The normalized spacial score (nSPS) is 9.18. The van der Waals surface area contributed by atoms with Crippen molar-refractivity contribution in [1.29, 1.82) is 0 Å². The number of hydrogen-bond acceptors (Lipinski definition) is 4. The fourth-order valence-electron chi connectivity index (χ4n) is 1.30. The van der Waals surface area contributed by atoms with Crippen LogP contribution in [0.2, 0.25) is 0 Å². The van der Waals surface area contributed by atoms with Crippen LogP contribution in [0.25, 0.3) is 0 Å². The van der Waals surface area contributed by atoms with Crippen molar-refractivity contribution < 1.29 is 19.1 Å². The fourth-order valence-corrected chi connectivity index (χ4v) is 1.30. The van der Waals surface area contributed by atoms with Crippen LogP contribution in [0, 0.1) is 29.1 Å². The largest absolute Gasteiger partial charge is 0.468 e. The van der Waals surface area contributed by atoms with Gasteiger partial charge in [-0.15, -0.1) is 23.7 Å². The molecule has 0 saturated heterocycles. The minimum absolute atomic E-state index is 0.0392. The van der Waals surface area contributed by atoms with Crippen molar-refractivity contribution in [3.05, 3.63) is 0 Å². The predicted molar refractivity (Wildman–Crippen MR) is 62.6 cm³/mol. The number of ether oxygens (including phenoxy) is 2. The number of rotatable bonds is 4. The Kier molecular flexibility index (Phi) is 6.51. The summed E-state index contributed by atoms with van der Waals surface area (Å²) in [5.41, 5.74) is -1.45. The highest BCUT2D eigenvalue weighted by atomic mass is 16.5. The zero-order valence-corrected chi connectivity index (χ0v) is 10.5. The molecule has 0 heterocycles. The molecule has 0 aliphatic heterocycles. The Labute approximate surface area is 102 Å². The Hall–Kier alpha value is -1.94. The van der Waals surface area contributed by atoms with Gasteiger partial charge < -0.3 is 9.47 Å². The van der Waals surface area contributed by atoms with Gasteiger partial charge in [0.1, 0.15) is 0 Å². The molecule has 92 valence electrons. The lowest BCUT2D eigenvalue weighted by atomic mass is 9.81. The first-order chi connectivity index (χ1) is 8.08. The van der Waals surface area contributed by atoms with Crippen molar-refractivity contribution >= 4 is 11.9 Å². The lowest BCUT2D eigenvalue weighted by Gasteiger charge is -2.23. The minimum atomic E-state index is -1.45. The minimum Gasteiger partial charge on any atom is -0.468 e. The van der Waals surface area contributed by atoms with E-state index in [9.17, 15) is 9.59 Å². The van der Waals surface area contributed by atoms with E-state index >= 15 is 0 Å². The molecule has 0 aromatic rings. The van der Waals surface area contributed by atoms with Gasteiger partial charge in [0.2, 0.25) is 0 Å². The summed E-state index contributed by atoms with van der Waals surface area (Å²) >= 11 is 0. The molecule has 0 saturated carbocycles. The van der Waals surface area contributed by atoms with E-state index in [0.717, 1.165) is 0 Å². The highest BCUT2D eigenvalue weighted by Crippen LogP contribution is 2.29. The van der Waals surface area contributed by atoms with E-state index in [4.69, 9.17) is 0 Å². The van der Waals surface area contributed by atoms with Crippen molar-refractivity contribution in [1.82, 2.24) is 0 Å². The zero-order valence-electron chi connectivity index (χ0n) is 10.5. The van der Waals surface area contributed by atoms with Gasteiger partial charge in [0.05, 0.1) is 14.2 Å². The summed E-state index contributed by atoms with van der Waals surface area (Å²) in [5.74, 6) is 9.36. The molecule has 0 fully saturated rings. The van der Waals surface area contributed by atoms with Crippen LogP contribution in [-0.4, -0.2) is 26.2 Å². The summed E-state index contributed by atoms with van der Waals surface area (Å²) in [6.07, 6.45) is 0.0784. The Morgan fingerprint density at radius 1 is 0.941 bits per heavy atom. The molecule has 0 unspecified atom stereocenters. The molecule has 0 N–H and O–H groups in total. The van der Waals surface area contributed by atoms with Crippen LogP contribution in [-0.2, 0) is 19.1 Å². The Balaban J connectivity index is 5.44. The maximum absolute atomic E-state index is 11.8. The van der Waals surface area contributed by atoms with Gasteiger partial charge >= 0.3 is 11.9 Å². The summed E-state index contributed by atoms with van der Waals surface area (Å²) in [6.45, 7) is 3.26. The summed E-state index contributed by atoms with van der Waals surface area (Å²) in [7, 11) is 2.44. The number of methoxy groups -OCH3 is 2. The molecule has 0 radical (unpaired) electrons. The molecule has 0 amide bonds. The van der Waals surface area contributed by atoms with E-state index < -0.39 is 17.4 Å². The molecule has 0 atom stereocenters. The second-order valence-corrected chi connectivity index (χ2v) is 3.27. The van der Waals surface area contributed by atoms with Crippen LogP contribution in [0.3, 0.4) is 0 Å². The Morgan fingerprint density at radius 2 is 1.29 bits per heavy atom. The first-order valence-electron chi connectivity index (χ1n) is 5.05. The van der Waals surface area contributed by atoms with Crippen molar-refractivity contribution in [3.63, 3.8) is 0 Å². The summed E-state index contributed by atoms with van der Waals surface area (Å²) in [5, 5.41) is 0. The molecule has 0 aromatic heterocycles. The van der Waals surface area contributed by atoms with Crippen molar-refractivity contribution in [2.45, 2.75) is 26.7 Å². The van der Waals surface area contributed by atoms with Gasteiger partial charge in [-0.1, -0.05) is 0 Å². The van der Waals surface area contributed by atoms with E-state index in [2.05, 4.69) is 33.2 Å². The number of esters is 2. The van der Waals surface area contributed by atoms with Gasteiger partial charge in [-0.2, -0.15) is 0 Å². The maximum Gasteiger partial charge on any atom is 0.325 e. The average Bonchev–Trinajstić information content (AvgIpc) is 2.37. The van der Waals surface area contributed by atoms with Gasteiger partial charge in [0, 0.05) is 12.8 Å². The van der Waals surface area contributed by atoms with E-state index in [1.54, 1.807) is 13.8 Å². The molecule has 0 rings (SSSR count). The van der Waals surface area contributed by atoms with Crippen LogP contribution in [0.4, 0.5) is 0 Å². The quantitative estimate of drug-likeness (QED) is 0.417. The highest BCUT2D eigenvalue weighted by Gasteiger charge is 2.47. The van der Waals surface area contributed by atoms with Crippen LogP contribution in [0.15, 0.2) is 0 Å². The van der Waals surface area contributed by atoms with Crippen molar-refractivity contribution in [2.24, 2.45) is 5.41 Å². The van der Waals surface area contributed by atoms with Crippen molar-refractivity contribution in [3.8, 4) is 23.7 Å². The van der Waals surface area contributed by atoms with E-state index in [-0.39, 0.29) is 12.8 Å². The maximum atomic E-state index is 11.8. The van der Waals surface area contributed by atoms with E-state index in [1.807, 2.05) is 0 Å². The second-order valence-electron chi connectivity index (χ2n) is 3.27. The third kappa shape index (κ3) is 3.53. The zero-order chi connectivity index (χ0) is 13.3. The lowest BCUT2D eigenvalue weighted by Crippen LogP contribution is -2.40. The van der Waals surface area contributed by atoms with Crippen LogP contribution < -0.4 is 0 Å². The summed E-state index contributed by atoms with van der Waals surface area (Å²) in [4.78, 5) is 23.6.